The lowest BCUT2D eigenvalue weighted by Crippen LogP contribution is -2.07. The van der Waals surface area contributed by atoms with Crippen LogP contribution in [0.4, 0.5) is 0 Å². The maximum atomic E-state index is 11.5. The van der Waals surface area contributed by atoms with Crippen LogP contribution in [0.5, 0.6) is 11.5 Å². The molecule has 5 heteroatoms. The molecule has 1 aromatic rings. The van der Waals surface area contributed by atoms with Crippen molar-refractivity contribution in [2.24, 2.45) is 5.92 Å². The largest absolute Gasteiger partial charge is 0.497 e. The summed E-state index contributed by atoms with van der Waals surface area (Å²) in [5, 5.41) is 0. The van der Waals surface area contributed by atoms with Crippen LogP contribution in [-0.4, -0.2) is 25.7 Å². The summed E-state index contributed by atoms with van der Waals surface area (Å²) >= 11 is 0. The average Bonchev–Trinajstić information content (AvgIpc) is 2.50. The van der Waals surface area contributed by atoms with Crippen molar-refractivity contribution in [2.75, 3.05) is 13.7 Å². The summed E-state index contributed by atoms with van der Waals surface area (Å²) < 4.78 is 15.0. The minimum Gasteiger partial charge on any atom is -0.497 e. The van der Waals surface area contributed by atoms with E-state index >= 15 is 0 Å². The topological polar surface area (TPSA) is 61.8 Å². The summed E-state index contributed by atoms with van der Waals surface area (Å²) in [5.74, 6) is 0.439. The molecule has 120 valence electrons. The van der Waals surface area contributed by atoms with E-state index in [2.05, 4.69) is 13.8 Å². The van der Waals surface area contributed by atoms with Gasteiger partial charge in [-0.05, 0) is 43.0 Å². The van der Waals surface area contributed by atoms with Crippen LogP contribution in [0.2, 0.25) is 0 Å². The van der Waals surface area contributed by atoms with Crippen LogP contribution in [0.3, 0.4) is 0 Å². The molecule has 0 aromatic heterocycles. The normalized spacial score (nSPS) is 10.7. The zero-order valence-electron chi connectivity index (χ0n) is 13.2. The van der Waals surface area contributed by atoms with Crippen LogP contribution < -0.4 is 9.47 Å². The fourth-order valence-corrected chi connectivity index (χ4v) is 1.64. The van der Waals surface area contributed by atoms with Crippen LogP contribution in [0, 0.1) is 5.92 Å². The van der Waals surface area contributed by atoms with Crippen molar-refractivity contribution in [3.8, 4) is 11.5 Å². The van der Waals surface area contributed by atoms with Gasteiger partial charge in [-0.15, -0.1) is 0 Å². The van der Waals surface area contributed by atoms with Crippen molar-refractivity contribution in [3.63, 3.8) is 0 Å². The Hall–Kier alpha value is -2.30. The van der Waals surface area contributed by atoms with Crippen molar-refractivity contribution in [1.82, 2.24) is 0 Å². The van der Waals surface area contributed by atoms with Gasteiger partial charge in [0.05, 0.1) is 13.7 Å². The Bertz CT molecular complexity index is 502. The Morgan fingerprint density at radius 3 is 2.23 bits per heavy atom. The molecule has 1 rings (SSSR count). The maximum Gasteiger partial charge on any atom is 0.336 e. The lowest BCUT2D eigenvalue weighted by Gasteiger charge is -2.04. The van der Waals surface area contributed by atoms with Crippen molar-refractivity contribution >= 4 is 11.9 Å². The number of methoxy groups -OCH3 is 1. The van der Waals surface area contributed by atoms with E-state index < -0.39 is 11.9 Å². The highest BCUT2D eigenvalue weighted by Crippen LogP contribution is 2.17. The van der Waals surface area contributed by atoms with E-state index in [9.17, 15) is 9.59 Å². The first-order valence-electron chi connectivity index (χ1n) is 7.22. The molecule has 0 amide bonds. The Kier molecular flexibility index (Phi) is 7.75. The van der Waals surface area contributed by atoms with Gasteiger partial charge in [0.1, 0.15) is 11.5 Å². The Morgan fingerprint density at radius 1 is 1.05 bits per heavy atom. The first-order chi connectivity index (χ1) is 10.5. The van der Waals surface area contributed by atoms with E-state index in [1.807, 2.05) is 0 Å². The third-order valence-electron chi connectivity index (χ3n) is 2.80. The predicted octanol–water partition coefficient (Wildman–Crippen LogP) is 3.14. The number of esters is 2. The van der Waals surface area contributed by atoms with E-state index in [1.54, 1.807) is 31.4 Å². The van der Waals surface area contributed by atoms with E-state index in [0.717, 1.165) is 25.0 Å². The molecule has 0 aliphatic rings. The second-order valence-corrected chi connectivity index (χ2v) is 5.13. The number of benzene rings is 1. The molecular formula is C17H22O5. The fourth-order valence-electron chi connectivity index (χ4n) is 1.64. The number of rotatable bonds is 8. The van der Waals surface area contributed by atoms with Crippen molar-refractivity contribution in [1.29, 1.82) is 0 Å². The Labute approximate surface area is 130 Å². The summed E-state index contributed by atoms with van der Waals surface area (Å²) in [5.41, 5.74) is 0. The van der Waals surface area contributed by atoms with Gasteiger partial charge in [-0.1, -0.05) is 13.8 Å². The molecule has 0 aliphatic heterocycles. The van der Waals surface area contributed by atoms with E-state index in [0.29, 0.717) is 24.0 Å². The zero-order chi connectivity index (χ0) is 16.4. The number of ether oxygens (including phenoxy) is 3. The minimum atomic E-state index is -0.635. The molecule has 0 bridgehead atoms. The number of carbonyl (C=O) groups excluding carboxylic acids is 2. The highest BCUT2D eigenvalue weighted by atomic mass is 16.5. The standard InChI is InChI=1S/C17H22O5/c1-13(2)5-4-12-21-16(18)10-11-17(19)22-15-8-6-14(20-3)7-9-15/h6-11,13H,4-5,12H2,1-3H3/b11-10+. The molecule has 0 aliphatic carbocycles. The molecule has 0 N–H and O–H groups in total. The van der Waals surface area contributed by atoms with Crippen LogP contribution in [-0.2, 0) is 14.3 Å². The molecule has 0 unspecified atom stereocenters. The minimum absolute atomic E-state index is 0.356. The van der Waals surface area contributed by atoms with Crippen LogP contribution in [0.1, 0.15) is 26.7 Å². The number of hydrogen-bond acceptors (Lipinski definition) is 5. The van der Waals surface area contributed by atoms with Gasteiger partial charge in [0, 0.05) is 12.2 Å². The van der Waals surface area contributed by atoms with E-state index in [1.165, 1.54) is 0 Å². The lowest BCUT2D eigenvalue weighted by molar-refractivity contribution is -0.138. The van der Waals surface area contributed by atoms with Crippen molar-refractivity contribution in [2.45, 2.75) is 26.7 Å². The van der Waals surface area contributed by atoms with E-state index in [-0.39, 0.29) is 0 Å². The van der Waals surface area contributed by atoms with Crippen molar-refractivity contribution < 1.29 is 23.8 Å². The van der Waals surface area contributed by atoms with E-state index in [4.69, 9.17) is 14.2 Å². The monoisotopic (exact) mass is 306 g/mol. The van der Waals surface area contributed by atoms with Crippen molar-refractivity contribution in [3.05, 3.63) is 36.4 Å². The second kappa shape index (κ2) is 9.60. The summed E-state index contributed by atoms with van der Waals surface area (Å²) in [4.78, 5) is 22.9. The highest BCUT2D eigenvalue weighted by Gasteiger charge is 2.03. The summed E-state index contributed by atoms with van der Waals surface area (Å²) in [7, 11) is 1.55. The van der Waals surface area contributed by atoms with Gasteiger partial charge in [-0.3, -0.25) is 0 Å². The Balaban J connectivity index is 2.32. The highest BCUT2D eigenvalue weighted by molar-refractivity contribution is 5.92. The molecule has 0 heterocycles. The van der Waals surface area contributed by atoms with Gasteiger partial charge in [0.15, 0.2) is 0 Å². The SMILES string of the molecule is COc1ccc(OC(=O)/C=C/C(=O)OCCCC(C)C)cc1. The molecule has 0 spiro atoms. The lowest BCUT2D eigenvalue weighted by atomic mass is 10.1. The molecular weight excluding hydrogens is 284 g/mol. The molecule has 0 saturated heterocycles. The fraction of sp³-hybridized carbons (Fsp3) is 0.412. The molecule has 1 aromatic carbocycles. The quantitative estimate of drug-likeness (QED) is 0.319. The van der Waals surface area contributed by atoms with Gasteiger partial charge in [0.2, 0.25) is 0 Å². The molecule has 0 fully saturated rings. The smallest absolute Gasteiger partial charge is 0.336 e. The van der Waals surface area contributed by atoms with Gasteiger partial charge in [-0.2, -0.15) is 0 Å². The van der Waals surface area contributed by atoms with Gasteiger partial charge >= 0.3 is 11.9 Å². The van der Waals surface area contributed by atoms with Gasteiger partial charge in [-0.25, -0.2) is 9.59 Å². The first-order valence-corrected chi connectivity index (χ1v) is 7.22. The molecule has 0 atom stereocenters. The maximum absolute atomic E-state index is 11.5. The third kappa shape index (κ3) is 7.47. The van der Waals surface area contributed by atoms with Gasteiger partial charge in [0.25, 0.3) is 0 Å². The number of hydrogen-bond donors (Lipinski definition) is 0. The molecule has 0 radical (unpaired) electrons. The van der Waals surface area contributed by atoms with Crippen LogP contribution >= 0.6 is 0 Å². The summed E-state index contributed by atoms with van der Waals surface area (Å²) in [6, 6.07) is 6.56. The van der Waals surface area contributed by atoms with Gasteiger partial charge < -0.3 is 14.2 Å². The number of carbonyl (C=O) groups is 2. The predicted molar refractivity (Wildman–Crippen MR) is 82.8 cm³/mol. The van der Waals surface area contributed by atoms with Crippen LogP contribution in [0.15, 0.2) is 36.4 Å². The second-order valence-electron chi connectivity index (χ2n) is 5.13. The molecule has 5 nitrogen and oxygen atoms in total. The van der Waals surface area contributed by atoms with Crippen LogP contribution in [0.25, 0.3) is 0 Å². The Morgan fingerprint density at radius 2 is 1.64 bits per heavy atom. The summed E-state index contributed by atoms with van der Waals surface area (Å²) in [6.07, 6.45) is 3.93. The zero-order valence-corrected chi connectivity index (χ0v) is 13.2. The third-order valence-corrected chi connectivity index (χ3v) is 2.80. The summed E-state index contributed by atoms with van der Waals surface area (Å²) in [6.45, 7) is 4.57. The average molecular weight is 306 g/mol. The molecule has 0 saturated carbocycles. The molecule has 22 heavy (non-hydrogen) atoms. The first kappa shape index (κ1) is 17.8.